The molecule has 0 bridgehead atoms. The quantitative estimate of drug-likeness (QED) is 0.242. The Morgan fingerprint density at radius 2 is 1.94 bits per heavy atom. The third-order valence-corrected chi connectivity index (χ3v) is 6.92. The lowest BCUT2D eigenvalue weighted by atomic mass is 9.91. The van der Waals surface area contributed by atoms with Gasteiger partial charge in [0.2, 0.25) is 0 Å². The summed E-state index contributed by atoms with van der Waals surface area (Å²) in [7, 11) is -3.41. The zero-order valence-electron chi connectivity index (χ0n) is 20.2. The molecule has 1 aliphatic heterocycles. The number of ether oxygens (including phenoxy) is 2. The zero-order valence-corrected chi connectivity index (χ0v) is 21.1. The summed E-state index contributed by atoms with van der Waals surface area (Å²) >= 11 is 0. The Morgan fingerprint density at radius 1 is 1.18 bits per heavy atom. The van der Waals surface area contributed by atoms with E-state index in [1.807, 2.05) is 31.2 Å². The van der Waals surface area contributed by atoms with Crippen LogP contribution >= 0.6 is 7.52 Å². The molecule has 1 heterocycles. The topological polar surface area (TPSA) is 73.9 Å². The first-order valence-corrected chi connectivity index (χ1v) is 13.6. The Morgan fingerprint density at radius 3 is 2.64 bits per heavy atom. The number of hydrogen-bond acceptors (Lipinski definition) is 5. The molecule has 7 heteroatoms. The number of hydrogen-bond donors (Lipinski definition) is 1. The van der Waals surface area contributed by atoms with Gasteiger partial charge in [-0.05, 0) is 51.3 Å². The molecule has 1 N–H and O–H groups in total. The number of esters is 1. The summed E-state index contributed by atoms with van der Waals surface area (Å²) in [5, 5.41) is 2.81. The van der Waals surface area contributed by atoms with E-state index in [-0.39, 0.29) is 6.61 Å². The lowest BCUT2D eigenvalue weighted by molar-refractivity contribution is -0.144. The number of carbonyl (C=O) groups is 1. The first-order valence-electron chi connectivity index (χ1n) is 11.5. The van der Waals surface area contributed by atoms with Gasteiger partial charge >= 0.3 is 13.5 Å². The number of aryl methyl sites for hydroxylation is 2. The number of carbonyl (C=O) groups excluding carboxylic acids is 1. The van der Waals surface area contributed by atoms with Crippen LogP contribution in [0.25, 0.3) is 16.9 Å². The highest BCUT2D eigenvalue weighted by atomic mass is 31.2. The molecule has 0 amide bonds. The Kier molecular flexibility index (Phi) is 8.04. The third-order valence-electron chi connectivity index (χ3n) is 5.51. The molecule has 0 fully saturated rings. The van der Waals surface area contributed by atoms with Crippen molar-refractivity contribution < 1.29 is 23.4 Å². The molecule has 0 aliphatic carbocycles. The van der Waals surface area contributed by atoms with E-state index in [1.54, 1.807) is 13.8 Å². The largest absolute Gasteiger partial charge is 0.465 e. The molecular formula is C26H34NO5P. The molecule has 0 spiro atoms. The normalized spacial score (nSPS) is 15.0. The molecular weight excluding hydrogens is 437 g/mol. The molecule has 0 saturated carbocycles. The second kappa shape index (κ2) is 10.6. The molecule has 2 atom stereocenters. The Balaban J connectivity index is 2.03. The highest BCUT2D eigenvalue weighted by molar-refractivity contribution is 7.56. The number of unbranched alkanes of at least 4 members (excludes halogenated alkanes) is 2. The maximum Gasteiger partial charge on any atom is 0.323 e. The van der Waals surface area contributed by atoms with Gasteiger partial charge in [0.1, 0.15) is 23.3 Å². The standard InChI is InChI=1S/C26H34NO5P/c1-7-9-10-11-20-15-23-25(22-14-17(3)12-13-21(22)19(5)31-23)24(16-20)32-33(6,29)27-18(4)26(28)30-8-2/h12-16,18H,5,7-11H2,1-4,6H3,(H,27,29)/t18-,33?/m0/s1. The van der Waals surface area contributed by atoms with E-state index in [0.29, 0.717) is 17.3 Å². The van der Waals surface area contributed by atoms with Crippen LogP contribution in [0, 0.1) is 6.92 Å². The number of benzene rings is 2. The fourth-order valence-corrected chi connectivity index (χ4v) is 5.35. The molecule has 2 aromatic rings. The Hall–Kier alpha value is -2.56. The number of nitrogens with one attached hydrogen (secondary N) is 1. The van der Waals surface area contributed by atoms with E-state index >= 15 is 0 Å². The van der Waals surface area contributed by atoms with Gasteiger partial charge in [-0.25, -0.2) is 5.09 Å². The summed E-state index contributed by atoms with van der Waals surface area (Å²) in [6.07, 6.45) is 4.13. The average Bonchev–Trinajstić information content (AvgIpc) is 2.73. The molecule has 1 aliphatic rings. The van der Waals surface area contributed by atoms with Crippen molar-refractivity contribution >= 4 is 19.2 Å². The second-order valence-electron chi connectivity index (χ2n) is 8.54. The van der Waals surface area contributed by atoms with E-state index in [1.165, 1.54) is 6.66 Å². The van der Waals surface area contributed by atoms with Gasteiger partial charge in [0.15, 0.2) is 0 Å². The lowest BCUT2D eigenvalue weighted by Gasteiger charge is -2.27. The fourth-order valence-electron chi connectivity index (χ4n) is 3.97. The second-order valence-corrected chi connectivity index (χ2v) is 10.7. The van der Waals surface area contributed by atoms with Crippen molar-refractivity contribution in [2.75, 3.05) is 13.3 Å². The van der Waals surface area contributed by atoms with Crippen LogP contribution in [0.1, 0.15) is 56.7 Å². The van der Waals surface area contributed by atoms with Gasteiger partial charge < -0.3 is 14.0 Å². The molecule has 1 unspecified atom stereocenters. The highest BCUT2D eigenvalue weighted by Gasteiger charge is 2.30. The average molecular weight is 472 g/mol. The van der Waals surface area contributed by atoms with Gasteiger partial charge in [-0.2, -0.15) is 0 Å². The maximum atomic E-state index is 13.4. The van der Waals surface area contributed by atoms with E-state index in [4.69, 9.17) is 14.0 Å². The van der Waals surface area contributed by atoms with Crippen LogP contribution in [0.2, 0.25) is 0 Å². The fraction of sp³-hybridized carbons (Fsp3) is 0.423. The van der Waals surface area contributed by atoms with Gasteiger partial charge in [0.25, 0.3) is 0 Å². The van der Waals surface area contributed by atoms with Crippen molar-refractivity contribution in [1.82, 2.24) is 5.09 Å². The predicted molar refractivity (Wildman–Crippen MR) is 133 cm³/mol. The molecule has 0 radical (unpaired) electrons. The van der Waals surface area contributed by atoms with Crippen LogP contribution < -0.4 is 14.3 Å². The summed E-state index contributed by atoms with van der Waals surface area (Å²) in [4.78, 5) is 12.1. The monoisotopic (exact) mass is 471 g/mol. The van der Waals surface area contributed by atoms with Crippen LogP contribution in [-0.2, 0) is 20.5 Å². The van der Waals surface area contributed by atoms with Gasteiger partial charge in [0.05, 0.1) is 12.2 Å². The smallest absolute Gasteiger partial charge is 0.323 e. The molecule has 0 aromatic heterocycles. The zero-order chi connectivity index (χ0) is 24.2. The molecule has 178 valence electrons. The SMILES string of the molecule is C=C1Oc2cc(CCCCC)cc(OP(C)(=O)N[C@@H](C)C(=O)OCC)c2-c2cc(C)ccc21. The van der Waals surface area contributed by atoms with E-state index in [0.717, 1.165) is 53.5 Å². The minimum absolute atomic E-state index is 0.254. The predicted octanol–water partition coefficient (Wildman–Crippen LogP) is 6.50. The summed E-state index contributed by atoms with van der Waals surface area (Å²) in [5.41, 5.74) is 4.67. The number of fused-ring (bicyclic) bond motifs is 3. The van der Waals surface area contributed by atoms with Crippen molar-refractivity contribution in [2.24, 2.45) is 0 Å². The van der Waals surface area contributed by atoms with Crippen molar-refractivity contribution in [3.8, 4) is 22.6 Å². The highest BCUT2D eigenvalue weighted by Crippen LogP contribution is 2.51. The van der Waals surface area contributed by atoms with Crippen molar-refractivity contribution in [2.45, 2.75) is 59.4 Å². The Bertz CT molecular complexity index is 1090. The van der Waals surface area contributed by atoms with Gasteiger partial charge in [0, 0.05) is 17.8 Å². The van der Waals surface area contributed by atoms with Crippen LogP contribution in [-0.4, -0.2) is 25.3 Å². The maximum absolute atomic E-state index is 13.4. The van der Waals surface area contributed by atoms with Crippen LogP contribution in [0.15, 0.2) is 36.9 Å². The molecule has 6 nitrogen and oxygen atoms in total. The van der Waals surface area contributed by atoms with Crippen LogP contribution in [0.4, 0.5) is 0 Å². The first-order chi connectivity index (χ1) is 15.6. The van der Waals surface area contributed by atoms with Crippen molar-refractivity contribution in [1.29, 1.82) is 0 Å². The Labute approximate surface area is 196 Å². The molecule has 2 aromatic carbocycles. The van der Waals surface area contributed by atoms with Gasteiger partial charge in [-0.15, -0.1) is 0 Å². The van der Waals surface area contributed by atoms with E-state index < -0.39 is 19.5 Å². The van der Waals surface area contributed by atoms with Crippen molar-refractivity contribution in [3.05, 3.63) is 53.6 Å². The van der Waals surface area contributed by atoms with Crippen LogP contribution in [0.5, 0.6) is 11.5 Å². The summed E-state index contributed by atoms with van der Waals surface area (Å²) in [5.74, 6) is 1.20. The lowest BCUT2D eigenvalue weighted by Crippen LogP contribution is -2.34. The van der Waals surface area contributed by atoms with Crippen LogP contribution in [0.3, 0.4) is 0 Å². The molecule has 0 saturated heterocycles. The minimum atomic E-state index is -3.41. The molecule has 3 rings (SSSR count). The van der Waals surface area contributed by atoms with Crippen molar-refractivity contribution in [3.63, 3.8) is 0 Å². The van der Waals surface area contributed by atoms with E-state index in [9.17, 15) is 9.36 Å². The summed E-state index contributed by atoms with van der Waals surface area (Å²) < 4.78 is 30.6. The minimum Gasteiger partial charge on any atom is -0.465 e. The molecule has 33 heavy (non-hydrogen) atoms. The van der Waals surface area contributed by atoms with Gasteiger partial charge in [-0.3, -0.25) is 9.36 Å². The van der Waals surface area contributed by atoms with E-state index in [2.05, 4.69) is 24.7 Å². The first kappa shape index (κ1) is 25.1. The summed E-state index contributed by atoms with van der Waals surface area (Å²) in [6.45, 7) is 13.3. The number of rotatable bonds is 10. The van der Waals surface area contributed by atoms with Gasteiger partial charge in [-0.1, -0.05) is 50.1 Å². The summed E-state index contributed by atoms with van der Waals surface area (Å²) in [6, 6.07) is 9.22. The third kappa shape index (κ3) is 6.07.